The molecule has 4 nitrogen and oxygen atoms in total. The summed E-state index contributed by atoms with van der Waals surface area (Å²) in [6, 6.07) is 15.9. The van der Waals surface area contributed by atoms with Gasteiger partial charge >= 0.3 is 0 Å². The number of para-hydroxylation sites is 2. The highest BCUT2D eigenvalue weighted by Crippen LogP contribution is 2.21. The third kappa shape index (κ3) is 4.24. The molecule has 0 aliphatic heterocycles. The Morgan fingerprint density at radius 1 is 1.04 bits per heavy atom. The highest BCUT2D eigenvalue weighted by molar-refractivity contribution is 9.10. The van der Waals surface area contributed by atoms with Gasteiger partial charge in [0.1, 0.15) is 0 Å². The van der Waals surface area contributed by atoms with Crippen LogP contribution in [0, 0.1) is 0 Å². The van der Waals surface area contributed by atoms with E-state index in [9.17, 15) is 4.79 Å². The number of hydrogen-bond acceptors (Lipinski definition) is 2. The number of rotatable bonds is 7. The smallest absolute Gasteiger partial charge is 0.225 e. The molecule has 124 valence electrons. The molecular formula is C19H20BrN3O. The van der Waals surface area contributed by atoms with E-state index in [1.807, 2.05) is 30.3 Å². The minimum atomic E-state index is 0.0153. The van der Waals surface area contributed by atoms with Crippen LogP contribution in [0.3, 0.4) is 0 Å². The number of aromatic nitrogens is 1. The third-order valence-electron chi connectivity index (χ3n) is 3.92. The van der Waals surface area contributed by atoms with E-state index in [2.05, 4.69) is 55.9 Å². The number of fused-ring (bicyclic) bond motifs is 1. The lowest BCUT2D eigenvalue weighted by Gasteiger charge is -2.08. The first-order chi connectivity index (χ1) is 11.7. The van der Waals surface area contributed by atoms with Gasteiger partial charge in [0.2, 0.25) is 5.91 Å². The zero-order chi connectivity index (χ0) is 16.8. The van der Waals surface area contributed by atoms with Crippen LogP contribution in [0.4, 0.5) is 5.69 Å². The monoisotopic (exact) mass is 385 g/mol. The second-order valence-corrected chi connectivity index (χ2v) is 6.49. The maximum atomic E-state index is 12.0. The van der Waals surface area contributed by atoms with E-state index >= 15 is 0 Å². The highest BCUT2D eigenvalue weighted by atomic mass is 79.9. The molecule has 0 saturated carbocycles. The second kappa shape index (κ2) is 8.13. The summed E-state index contributed by atoms with van der Waals surface area (Å²) in [5.41, 5.74) is 3.28. The van der Waals surface area contributed by atoms with Gasteiger partial charge in [-0.05, 0) is 52.7 Å². The molecule has 0 aliphatic carbocycles. The average Bonchev–Trinajstić information content (AvgIpc) is 3.00. The minimum absolute atomic E-state index is 0.0153. The molecule has 0 aliphatic rings. The van der Waals surface area contributed by atoms with Crippen molar-refractivity contribution in [2.75, 3.05) is 18.4 Å². The van der Waals surface area contributed by atoms with Crippen molar-refractivity contribution in [3.8, 4) is 0 Å². The number of benzene rings is 2. The number of H-pyrrole nitrogens is 1. The van der Waals surface area contributed by atoms with Gasteiger partial charge in [0.05, 0.1) is 5.69 Å². The number of aromatic amines is 1. The zero-order valence-electron chi connectivity index (χ0n) is 13.3. The van der Waals surface area contributed by atoms with Crippen LogP contribution in [-0.4, -0.2) is 24.0 Å². The van der Waals surface area contributed by atoms with Crippen molar-refractivity contribution >= 4 is 38.4 Å². The molecule has 5 heteroatoms. The van der Waals surface area contributed by atoms with Gasteiger partial charge in [-0.3, -0.25) is 4.79 Å². The summed E-state index contributed by atoms with van der Waals surface area (Å²) in [4.78, 5) is 15.2. The predicted molar refractivity (Wildman–Crippen MR) is 102 cm³/mol. The highest BCUT2D eigenvalue weighted by Gasteiger charge is 2.05. The van der Waals surface area contributed by atoms with Gasteiger partial charge in [-0.25, -0.2) is 0 Å². The zero-order valence-corrected chi connectivity index (χ0v) is 14.9. The number of halogens is 1. The van der Waals surface area contributed by atoms with Crippen LogP contribution < -0.4 is 10.6 Å². The Labute approximate surface area is 149 Å². The molecule has 0 spiro atoms. The van der Waals surface area contributed by atoms with Crippen LogP contribution in [0.5, 0.6) is 0 Å². The van der Waals surface area contributed by atoms with Crippen molar-refractivity contribution < 1.29 is 4.79 Å². The van der Waals surface area contributed by atoms with Crippen LogP contribution in [-0.2, 0) is 11.2 Å². The van der Waals surface area contributed by atoms with Gasteiger partial charge in [-0.15, -0.1) is 0 Å². The molecule has 2 aromatic carbocycles. The van der Waals surface area contributed by atoms with E-state index < -0.39 is 0 Å². The Kier molecular flexibility index (Phi) is 5.67. The van der Waals surface area contributed by atoms with Crippen molar-refractivity contribution in [3.05, 3.63) is 64.8 Å². The maximum Gasteiger partial charge on any atom is 0.225 e. The fraction of sp³-hybridized carbons (Fsp3) is 0.211. The topological polar surface area (TPSA) is 56.9 Å². The molecule has 1 amide bonds. The van der Waals surface area contributed by atoms with E-state index in [1.165, 1.54) is 16.5 Å². The van der Waals surface area contributed by atoms with E-state index in [4.69, 9.17) is 0 Å². The Balaban J connectivity index is 1.39. The number of amides is 1. The summed E-state index contributed by atoms with van der Waals surface area (Å²) >= 11 is 3.43. The quantitative estimate of drug-likeness (QED) is 0.536. The second-order valence-electron chi connectivity index (χ2n) is 5.64. The van der Waals surface area contributed by atoms with Crippen LogP contribution >= 0.6 is 15.9 Å². The fourth-order valence-corrected chi connectivity index (χ4v) is 3.05. The predicted octanol–water partition coefficient (Wildman–Crippen LogP) is 4.09. The minimum Gasteiger partial charge on any atom is -0.361 e. The molecule has 0 saturated heterocycles. The molecule has 1 aromatic heterocycles. The van der Waals surface area contributed by atoms with Crippen molar-refractivity contribution in [1.82, 2.24) is 10.3 Å². The molecular weight excluding hydrogens is 366 g/mol. The van der Waals surface area contributed by atoms with E-state index in [1.54, 1.807) is 0 Å². The molecule has 0 fully saturated rings. The summed E-state index contributed by atoms with van der Waals surface area (Å²) < 4.78 is 0.894. The largest absolute Gasteiger partial charge is 0.361 e. The van der Waals surface area contributed by atoms with Crippen LogP contribution in [0.15, 0.2) is 59.2 Å². The molecule has 3 rings (SSSR count). The molecule has 0 radical (unpaired) electrons. The number of hydrogen-bond donors (Lipinski definition) is 3. The van der Waals surface area contributed by atoms with Crippen molar-refractivity contribution in [2.45, 2.75) is 12.8 Å². The maximum absolute atomic E-state index is 12.0. The van der Waals surface area contributed by atoms with Crippen LogP contribution in [0.2, 0.25) is 0 Å². The van der Waals surface area contributed by atoms with Gasteiger partial charge in [0, 0.05) is 34.5 Å². The molecule has 1 heterocycles. The lowest BCUT2D eigenvalue weighted by molar-refractivity contribution is -0.116. The molecule has 24 heavy (non-hydrogen) atoms. The first-order valence-corrected chi connectivity index (χ1v) is 8.83. The average molecular weight is 386 g/mol. The standard InChI is InChI=1S/C19H20BrN3O/c20-16-6-2-4-8-18(16)23-19(24)10-12-21-11-9-14-13-22-17-7-3-1-5-15(14)17/h1-8,13,21-22H,9-12H2,(H,23,24). The first-order valence-electron chi connectivity index (χ1n) is 8.04. The van der Waals surface area contributed by atoms with Gasteiger partial charge in [-0.1, -0.05) is 30.3 Å². The first kappa shape index (κ1) is 16.7. The lowest BCUT2D eigenvalue weighted by atomic mass is 10.1. The summed E-state index contributed by atoms with van der Waals surface area (Å²) in [5.74, 6) is 0.0153. The lowest BCUT2D eigenvalue weighted by Crippen LogP contribution is -2.23. The van der Waals surface area contributed by atoms with Crippen LogP contribution in [0.25, 0.3) is 10.9 Å². The van der Waals surface area contributed by atoms with Crippen molar-refractivity contribution in [1.29, 1.82) is 0 Å². The van der Waals surface area contributed by atoms with Crippen molar-refractivity contribution in [2.24, 2.45) is 0 Å². The Hall–Kier alpha value is -2.11. The van der Waals surface area contributed by atoms with Gasteiger partial charge < -0.3 is 15.6 Å². The molecule has 0 bridgehead atoms. The number of anilines is 1. The summed E-state index contributed by atoms with van der Waals surface area (Å²) in [7, 11) is 0. The summed E-state index contributed by atoms with van der Waals surface area (Å²) in [6.07, 6.45) is 3.46. The van der Waals surface area contributed by atoms with E-state index in [-0.39, 0.29) is 5.91 Å². The molecule has 3 N–H and O–H groups in total. The number of carbonyl (C=O) groups excluding carboxylic acids is 1. The van der Waals surface area contributed by atoms with Crippen molar-refractivity contribution in [3.63, 3.8) is 0 Å². The number of carbonyl (C=O) groups is 1. The molecule has 3 aromatic rings. The fourth-order valence-electron chi connectivity index (χ4n) is 2.66. The summed E-state index contributed by atoms with van der Waals surface area (Å²) in [6.45, 7) is 1.52. The van der Waals surface area contributed by atoms with Gasteiger partial charge in [0.15, 0.2) is 0 Å². The Morgan fingerprint density at radius 2 is 1.83 bits per heavy atom. The summed E-state index contributed by atoms with van der Waals surface area (Å²) in [5, 5.41) is 7.51. The molecule has 0 unspecified atom stereocenters. The van der Waals surface area contributed by atoms with E-state index in [0.717, 1.165) is 23.1 Å². The van der Waals surface area contributed by atoms with E-state index in [0.29, 0.717) is 13.0 Å². The van der Waals surface area contributed by atoms with Gasteiger partial charge in [0.25, 0.3) is 0 Å². The SMILES string of the molecule is O=C(CCNCCc1c[nH]c2ccccc12)Nc1ccccc1Br. The van der Waals surface area contributed by atoms with Gasteiger partial charge in [-0.2, -0.15) is 0 Å². The third-order valence-corrected chi connectivity index (χ3v) is 4.61. The van der Waals surface area contributed by atoms with Crippen LogP contribution in [0.1, 0.15) is 12.0 Å². The molecule has 0 atom stereocenters. The Morgan fingerprint density at radius 3 is 2.71 bits per heavy atom. The normalized spacial score (nSPS) is 10.9. The number of nitrogens with one attached hydrogen (secondary N) is 3. The Bertz CT molecular complexity index is 828.